The summed E-state index contributed by atoms with van der Waals surface area (Å²) in [5.74, 6) is -2.12. The lowest BCUT2D eigenvalue weighted by atomic mass is 9.96. The molecule has 0 amide bonds. The molecule has 1 atom stereocenters. The van der Waals surface area contributed by atoms with Crippen molar-refractivity contribution in [1.29, 1.82) is 5.26 Å². The van der Waals surface area contributed by atoms with Crippen molar-refractivity contribution in [3.63, 3.8) is 0 Å². The van der Waals surface area contributed by atoms with Gasteiger partial charge in [-0.25, -0.2) is 27.9 Å². The fourth-order valence-corrected chi connectivity index (χ4v) is 5.80. The maximum absolute atomic E-state index is 16.0. The lowest BCUT2D eigenvalue weighted by molar-refractivity contribution is -0.0589. The van der Waals surface area contributed by atoms with Gasteiger partial charge in [0.2, 0.25) is 5.88 Å². The quantitative estimate of drug-likeness (QED) is 0.212. The van der Waals surface area contributed by atoms with Crippen molar-refractivity contribution in [3.8, 4) is 29.0 Å². The molecular formula is C34H25F3N4O5. The third-order valence-corrected chi connectivity index (χ3v) is 8.25. The number of benzene rings is 3. The van der Waals surface area contributed by atoms with Crippen molar-refractivity contribution < 1.29 is 37.3 Å². The van der Waals surface area contributed by atoms with Crippen molar-refractivity contribution in [2.45, 2.75) is 38.5 Å². The van der Waals surface area contributed by atoms with E-state index in [0.717, 1.165) is 18.6 Å². The van der Waals surface area contributed by atoms with Gasteiger partial charge in [-0.3, -0.25) is 0 Å². The van der Waals surface area contributed by atoms with Gasteiger partial charge in [0.25, 0.3) is 0 Å². The van der Waals surface area contributed by atoms with Crippen molar-refractivity contribution >= 4 is 17.0 Å². The third-order valence-electron chi connectivity index (χ3n) is 8.25. The van der Waals surface area contributed by atoms with Crippen molar-refractivity contribution in [1.82, 2.24) is 14.5 Å². The van der Waals surface area contributed by atoms with E-state index in [0.29, 0.717) is 65.7 Å². The van der Waals surface area contributed by atoms with Crippen LogP contribution in [-0.4, -0.2) is 44.9 Å². The summed E-state index contributed by atoms with van der Waals surface area (Å²) in [6.45, 7) is 1.10. The zero-order valence-electron chi connectivity index (χ0n) is 24.2. The number of nitrogens with zero attached hydrogens (tertiary/aromatic N) is 4. The Kier molecular flexibility index (Phi) is 7.54. The highest BCUT2D eigenvalue weighted by atomic mass is 19.1. The van der Waals surface area contributed by atoms with Gasteiger partial charge >= 0.3 is 5.97 Å². The first-order valence-corrected chi connectivity index (χ1v) is 14.6. The van der Waals surface area contributed by atoms with Crippen LogP contribution in [0.4, 0.5) is 13.2 Å². The van der Waals surface area contributed by atoms with Crippen LogP contribution >= 0.6 is 0 Å². The molecule has 1 N–H and O–H groups in total. The van der Waals surface area contributed by atoms with Gasteiger partial charge in [-0.2, -0.15) is 5.26 Å². The van der Waals surface area contributed by atoms with E-state index >= 15 is 8.78 Å². The molecule has 2 aromatic heterocycles. The van der Waals surface area contributed by atoms with Gasteiger partial charge in [-0.1, -0.05) is 12.1 Å². The Morgan fingerprint density at radius 2 is 1.91 bits per heavy atom. The molecule has 0 spiro atoms. The molecule has 3 aromatic carbocycles. The van der Waals surface area contributed by atoms with Crippen LogP contribution in [0.15, 0.2) is 54.6 Å². The second-order valence-corrected chi connectivity index (χ2v) is 11.1. The van der Waals surface area contributed by atoms with Crippen molar-refractivity contribution in [3.05, 3.63) is 106 Å². The molecule has 0 radical (unpaired) electrons. The minimum absolute atomic E-state index is 0.00569. The Morgan fingerprint density at radius 3 is 2.65 bits per heavy atom. The lowest BCUT2D eigenvalue weighted by Crippen LogP contribution is -2.31. The smallest absolute Gasteiger partial charge is 0.335 e. The number of carbonyl (C=O) groups is 1. The topological polar surface area (TPSA) is 119 Å². The maximum Gasteiger partial charge on any atom is 0.335 e. The molecule has 0 aliphatic carbocycles. The fraction of sp³-hybridized carbons (Fsp3) is 0.235. The molecule has 1 fully saturated rings. The van der Waals surface area contributed by atoms with Crippen LogP contribution in [0.25, 0.3) is 22.3 Å². The number of pyridine rings is 1. The lowest BCUT2D eigenvalue weighted by Gasteiger charge is -2.27. The van der Waals surface area contributed by atoms with Crippen molar-refractivity contribution in [2.75, 3.05) is 13.2 Å². The molecule has 2 aliphatic heterocycles. The summed E-state index contributed by atoms with van der Waals surface area (Å²) in [4.78, 5) is 20.7. The highest BCUT2D eigenvalue weighted by Crippen LogP contribution is 2.41. The minimum Gasteiger partial charge on any atom is -0.492 e. The van der Waals surface area contributed by atoms with Crippen LogP contribution in [0.2, 0.25) is 0 Å². The highest BCUT2D eigenvalue weighted by Gasteiger charge is 2.29. The van der Waals surface area contributed by atoms with Crippen LogP contribution < -0.4 is 9.47 Å². The summed E-state index contributed by atoms with van der Waals surface area (Å²) in [5, 5.41) is 18.5. The monoisotopic (exact) mass is 626 g/mol. The second kappa shape index (κ2) is 11.8. The number of rotatable bonds is 9. The predicted octanol–water partition coefficient (Wildman–Crippen LogP) is 5.98. The Labute approximate surface area is 260 Å². The summed E-state index contributed by atoms with van der Waals surface area (Å²) in [6, 6.07) is 14.6. The number of nitriles is 1. The van der Waals surface area contributed by atoms with E-state index < -0.39 is 23.4 Å². The van der Waals surface area contributed by atoms with E-state index in [9.17, 15) is 14.3 Å². The number of aromatic carboxylic acids is 1. The Balaban J connectivity index is 1.22. The Hall–Kier alpha value is -5.41. The van der Waals surface area contributed by atoms with Crippen LogP contribution in [0.5, 0.6) is 11.6 Å². The first kappa shape index (κ1) is 29.3. The number of hydrogen-bond donors (Lipinski definition) is 1. The predicted molar refractivity (Wildman–Crippen MR) is 158 cm³/mol. The fourth-order valence-electron chi connectivity index (χ4n) is 5.80. The largest absolute Gasteiger partial charge is 0.492 e. The summed E-state index contributed by atoms with van der Waals surface area (Å²) < 4.78 is 64.4. The number of carboxylic acid groups (broad SMARTS) is 1. The normalized spacial score (nSPS) is 15.2. The number of ether oxygens (including phenoxy) is 3. The van der Waals surface area contributed by atoms with Gasteiger partial charge in [0.05, 0.1) is 47.7 Å². The summed E-state index contributed by atoms with van der Waals surface area (Å²) in [5.41, 5.74) is 2.32. The zero-order valence-corrected chi connectivity index (χ0v) is 24.2. The molecule has 2 aliphatic rings. The van der Waals surface area contributed by atoms with Crippen LogP contribution in [0.3, 0.4) is 0 Å². The number of aromatic nitrogens is 3. The standard InChI is InChI=1S/C34H25F3N4O5/c35-25-10-18(15-38)4-5-19(25)17-46-31-3-1-2-28(39-31)24-13-26(36)23(22-7-9-45-33(22)24)14-30-40-32-27(37)11-20(34(42)43)12-29(32)41(30)16-21-6-8-44-21/h1-5,10-13,21H,6-9,14,16-17H2,(H,42,43)/t21-/m0/s1. The Bertz CT molecular complexity index is 2070. The second-order valence-electron chi connectivity index (χ2n) is 11.1. The molecule has 0 unspecified atom stereocenters. The third kappa shape index (κ3) is 5.39. The number of imidazole rings is 1. The first-order valence-electron chi connectivity index (χ1n) is 14.6. The van der Waals surface area contributed by atoms with Gasteiger partial charge < -0.3 is 23.9 Å². The number of halogens is 3. The first-order chi connectivity index (χ1) is 22.3. The van der Waals surface area contributed by atoms with Crippen LogP contribution in [0, 0.1) is 28.8 Å². The number of fused-ring (bicyclic) bond motifs is 2. The van der Waals surface area contributed by atoms with Gasteiger partial charge in [-0.05, 0) is 42.8 Å². The molecule has 1 saturated heterocycles. The van der Waals surface area contributed by atoms with E-state index in [1.54, 1.807) is 22.8 Å². The van der Waals surface area contributed by atoms with Crippen LogP contribution in [-0.2, 0) is 30.7 Å². The van der Waals surface area contributed by atoms with E-state index in [1.165, 1.54) is 24.3 Å². The highest BCUT2D eigenvalue weighted by molar-refractivity contribution is 5.92. The van der Waals surface area contributed by atoms with Crippen molar-refractivity contribution in [2.24, 2.45) is 0 Å². The molecule has 232 valence electrons. The molecule has 0 saturated carbocycles. The van der Waals surface area contributed by atoms with Gasteiger partial charge in [0, 0.05) is 47.8 Å². The molecular weight excluding hydrogens is 601 g/mol. The molecule has 0 bridgehead atoms. The van der Waals surface area contributed by atoms with Gasteiger partial charge in [0.1, 0.15) is 35.3 Å². The summed E-state index contributed by atoms with van der Waals surface area (Å²) >= 11 is 0. The van der Waals surface area contributed by atoms with Crippen LogP contribution in [0.1, 0.15) is 44.9 Å². The van der Waals surface area contributed by atoms with E-state index in [-0.39, 0.29) is 47.2 Å². The molecule has 46 heavy (non-hydrogen) atoms. The number of hydrogen-bond acceptors (Lipinski definition) is 7. The molecule has 5 aromatic rings. The van der Waals surface area contributed by atoms with E-state index in [2.05, 4.69) is 9.97 Å². The SMILES string of the molecule is N#Cc1ccc(COc2cccc(-c3cc(F)c(Cc4nc5c(F)cc(C(=O)O)cc5n4C[C@@H]4CCO4)c4c3OCC4)n2)c(F)c1. The van der Waals surface area contributed by atoms with E-state index in [1.807, 2.05) is 6.07 Å². The molecule has 7 rings (SSSR count). The molecule has 12 heteroatoms. The number of carboxylic acids is 1. The van der Waals surface area contributed by atoms with Gasteiger partial charge in [0.15, 0.2) is 5.82 Å². The molecule has 9 nitrogen and oxygen atoms in total. The maximum atomic E-state index is 16.0. The Morgan fingerprint density at radius 1 is 1.07 bits per heavy atom. The zero-order chi connectivity index (χ0) is 31.9. The molecule has 4 heterocycles. The van der Waals surface area contributed by atoms with Gasteiger partial charge in [-0.15, -0.1) is 0 Å². The summed E-state index contributed by atoms with van der Waals surface area (Å²) in [6.07, 6.45) is 1.06. The van der Waals surface area contributed by atoms with E-state index in [4.69, 9.17) is 19.5 Å². The summed E-state index contributed by atoms with van der Waals surface area (Å²) in [7, 11) is 0. The average Bonchev–Trinajstić information content (AvgIpc) is 3.65. The average molecular weight is 627 g/mol. The minimum atomic E-state index is -1.27.